The monoisotopic (exact) mass is 279 g/mol. The third-order valence-electron chi connectivity index (χ3n) is 3.25. The lowest BCUT2D eigenvalue weighted by molar-refractivity contribution is -0.119. The van der Waals surface area contributed by atoms with Gasteiger partial charge in [-0.1, -0.05) is 13.8 Å². The first-order chi connectivity index (χ1) is 8.70. The summed E-state index contributed by atoms with van der Waals surface area (Å²) in [5, 5.41) is 0. The molecule has 106 valence electrons. The Hall–Kier alpha value is -1.33. The van der Waals surface area contributed by atoms with Crippen molar-refractivity contribution in [2.45, 2.75) is 32.4 Å². The molecule has 1 aromatic carbocycles. The molecule has 0 aliphatic carbocycles. The van der Waals surface area contributed by atoms with Crippen molar-refractivity contribution < 1.29 is 22.0 Å². The second kappa shape index (κ2) is 4.65. The first-order valence-corrected chi connectivity index (χ1v) is 6.03. The van der Waals surface area contributed by atoms with E-state index in [4.69, 9.17) is 0 Å². The van der Waals surface area contributed by atoms with Gasteiger partial charge in [0.25, 0.3) is 0 Å². The molecule has 0 atom stereocenters. The Morgan fingerprint density at radius 2 is 1.89 bits per heavy atom. The molecule has 0 amide bonds. The number of fused-ring (bicyclic) bond motifs is 1. The van der Waals surface area contributed by atoms with E-state index in [-0.39, 0.29) is 35.7 Å². The maximum atomic E-state index is 14.1. The molecule has 0 spiro atoms. The number of hydrogen-bond donors (Lipinski definition) is 0. The lowest BCUT2D eigenvalue weighted by atomic mass is 9.97. The van der Waals surface area contributed by atoms with Crippen LogP contribution in [0.2, 0.25) is 0 Å². The Labute approximate surface area is 108 Å². The predicted molar refractivity (Wildman–Crippen MR) is 62.4 cm³/mol. The van der Waals surface area contributed by atoms with E-state index in [1.807, 2.05) is 0 Å². The predicted octanol–water partition coefficient (Wildman–Crippen LogP) is 4.01. The molecule has 6 heteroatoms. The summed E-state index contributed by atoms with van der Waals surface area (Å²) in [5.41, 5.74) is 0.165. The van der Waals surface area contributed by atoms with Crippen LogP contribution in [0, 0.1) is 11.6 Å². The van der Waals surface area contributed by atoms with Crippen molar-refractivity contribution in [1.29, 1.82) is 0 Å². The van der Waals surface area contributed by atoms with E-state index in [0.717, 1.165) is 11.0 Å². The number of rotatable bonds is 2. The highest BCUT2D eigenvalue weighted by atomic mass is 19.4. The van der Waals surface area contributed by atoms with Crippen molar-refractivity contribution in [2.24, 2.45) is 0 Å². The van der Waals surface area contributed by atoms with Gasteiger partial charge in [-0.15, -0.1) is 0 Å². The Kier molecular flexibility index (Phi) is 3.45. The van der Waals surface area contributed by atoms with Crippen molar-refractivity contribution in [3.63, 3.8) is 0 Å². The van der Waals surface area contributed by atoms with Gasteiger partial charge in [-0.05, 0) is 18.4 Å². The van der Waals surface area contributed by atoms with E-state index in [1.54, 1.807) is 13.8 Å². The van der Waals surface area contributed by atoms with E-state index in [1.165, 1.54) is 0 Å². The summed E-state index contributed by atoms with van der Waals surface area (Å²) in [6, 6.07) is 1.02. The van der Waals surface area contributed by atoms with Crippen molar-refractivity contribution >= 4 is 5.69 Å². The van der Waals surface area contributed by atoms with Gasteiger partial charge in [-0.2, -0.15) is 13.2 Å². The number of benzene rings is 1. The molecule has 0 saturated carbocycles. The van der Waals surface area contributed by atoms with Gasteiger partial charge in [0, 0.05) is 23.4 Å². The van der Waals surface area contributed by atoms with Crippen LogP contribution < -0.4 is 4.90 Å². The van der Waals surface area contributed by atoms with Crippen LogP contribution in [0.25, 0.3) is 0 Å². The normalized spacial score (nSPS) is 15.3. The summed E-state index contributed by atoms with van der Waals surface area (Å²) in [6.07, 6.45) is -4.21. The summed E-state index contributed by atoms with van der Waals surface area (Å²) in [6.45, 7) is 2.18. The molecule has 19 heavy (non-hydrogen) atoms. The number of anilines is 1. The van der Waals surface area contributed by atoms with Crippen molar-refractivity contribution in [3.05, 3.63) is 28.8 Å². The maximum absolute atomic E-state index is 14.1. The summed E-state index contributed by atoms with van der Waals surface area (Å²) < 4.78 is 65.1. The quantitative estimate of drug-likeness (QED) is 0.739. The topological polar surface area (TPSA) is 3.24 Å². The second-order valence-corrected chi connectivity index (χ2v) is 5.03. The second-order valence-electron chi connectivity index (χ2n) is 5.03. The fourth-order valence-corrected chi connectivity index (χ4v) is 2.46. The van der Waals surface area contributed by atoms with Crippen LogP contribution in [-0.2, 0) is 6.42 Å². The van der Waals surface area contributed by atoms with Crippen LogP contribution >= 0.6 is 0 Å². The van der Waals surface area contributed by atoms with Crippen molar-refractivity contribution in [3.8, 4) is 0 Å². The standard InChI is InChI=1S/C13H14F5N/c1-7(2)11-9(14)5-10-8(12(11)15)3-4-19(10)6-13(16,17)18/h5,7H,3-4,6H2,1-2H3. The number of alkyl halides is 3. The van der Waals surface area contributed by atoms with Crippen LogP contribution in [0.4, 0.5) is 27.6 Å². The van der Waals surface area contributed by atoms with Gasteiger partial charge in [0.1, 0.15) is 18.2 Å². The van der Waals surface area contributed by atoms with Crippen LogP contribution in [-0.4, -0.2) is 19.3 Å². The first-order valence-electron chi connectivity index (χ1n) is 6.03. The zero-order chi connectivity index (χ0) is 14.4. The Morgan fingerprint density at radius 1 is 1.26 bits per heavy atom. The average molecular weight is 279 g/mol. The lowest BCUT2D eigenvalue weighted by Crippen LogP contribution is -2.32. The van der Waals surface area contributed by atoms with Gasteiger partial charge in [0.05, 0.1) is 0 Å². The molecule has 1 aromatic rings. The Morgan fingerprint density at radius 3 is 2.42 bits per heavy atom. The molecular formula is C13H14F5N. The molecule has 2 rings (SSSR count). The fourth-order valence-electron chi connectivity index (χ4n) is 2.46. The summed E-state index contributed by atoms with van der Waals surface area (Å²) in [4.78, 5) is 0.978. The van der Waals surface area contributed by atoms with Crippen LogP contribution in [0.3, 0.4) is 0 Å². The zero-order valence-corrected chi connectivity index (χ0v) is 10.6. The molecule has 1 aliphatic heterocycles. The zero-order valence-electron chi connectivity index (χ0n) is 10.6. The van der Waals surface area contributed by atoms with Gasteiger partial charge >= 0.3 is 6.18 Å². The lowest BCUT2D eigenvalue weighted by Gasteiger charge is -2.22. The van der Waals surface area contributed by atoms with E-state index in [2.05, 4.69) is 0 Å². The average Bonchev–Trinajstić information content (AvgIpc) is 2.58. The van der Waals surface area contributed by atoms with Gasteiger partial charge in [-0.25, -0.2) is 8.78 Å². The smallest absolute Gasteiger partial charge is 0.362 e. The Balaban J connectivity index is 2.43. The third-order valence-corrected chi connectivity index (χ3v) is 3.25. The van der Waals surface area contributed by atoms with E-state index in [9.17, 15) is 22.0 Å². The molecule has 0 fully saturated rings. The highest BCUT2D eigenvalue weighted by molar-refractivity contribution is 5.60. The SMILES string of the molecule is CC(C)c1c(F)cc2c(c1F)CCN2CC(F)(F)F. The largest absolute Gasteiger partial charge is 0.405 e. The highest BCUT2D eigenvalue weighted by Crippen LogP contribution is 2.37. The first kappa shape index (κ1) is 14.1. The molecule has 1 heterocycles. The highest BCUT2D eigenvalue weighted by Gasteiger charge is 2.35. The minimum Gasteiger partial charge on any atom is -0.362 e. The number of halogens is 5. The van der Waals surface area contributed by atoms with Gasteiger partial charge in [0.15, 0.2) is 0 Å². The molecule has 0 unspecified atom stereocenters. The molecule has 0 bridgehead atoms. The molecule has 0 aromatic heterocycles. The molecule has 1 aliphatic rings. The van der Waals surface area contributed by atoms with Crippen LogP contribution in [0.15, 0.2) is 6.07 Å². The minimum absolute atomic E-state index is 0.0247. The van der Waals surface area contributed by atoms with E-state index in [0.29, 0.717) is 0 Å². The van der Waals surface area contributed by atoms with Crippen molar-refractivity contribution in [1.82, 2.24) is 0 Å². The molecule has 0 radical (unpaired) electrons. The number of nitrogens with zero attached hydrogens (tertiary/aromatic N) is 1. The summed E-state index contributed by atoms with van der Waals surface area (Å²) in [7, 11) is 0. The van der Waals surface area contributed by atoms with E-state index < -0.39 is 24.4 Å². The van der Waals surface area contributed by atoms with Gasteiger partial charge in [-0.3, -0.25) is 0 Å². The summed E-state index contributed by atoms with van der Waals surface area (Å²) >= 11 is 0. The van der Waals surface area contributed by atoms with Gasteiger partial charge in [0.2, 0.25) is 0 Å². The molecule has 1 nitrogen and oxygen atoms in total. The van der Waals surface area contributed by atoms with E-state index >= 15 is 0 Å². The maximum Gasteiger partial charge on any atom is 0.405 e. The third kappa shape index (κ3) is 2.67. The van der Waals surface area contributed by atoms with Crippen LogP contribution in [0.5, 0.6) is 0 Å². The number of hydrogen-bond acceptors (Lipinski definition) is 1. The Bertz CT molecular complexity index is 493. The van der Waals surface area contributed by atoms with Crippen LogP contribution in [0.1, 0.15) is 30.9 Å². The minimum atomic E-state index is -4.38. The van der Waals surface area contributed by atoms with Gasteiger partial charge < -0.3 is 4.90 Å². The van der Waals surface area contributed by atoms with Crippen molar-refractivity contribution in [2.75, 3.05) is 18.0 Å². The fraction of sp³-hybridized carbons (Fsp3) is 0.538. The molecule has 0 N–H and O–H groups in total. The summed E-state index contributed by atoms with van der Waals surface area (Å²) in [5.74, 6) is -1.82. The molecule has 0 saturated heterocycles. The molecular weight excluding hydrogens is 265 g/mol.